The molecule has 0 bridgehead atoms. The molecule has 0 aliphatic carbocycles. The third-order valence-electron chi connectivity index (χ3n) is 3.70. The molecule has 1 aromatic carbocycles. The molecule has 0 N–H and O–H groups in total. The van der Waals surface area contributed by atoms with Gasteiger partial charge in [0.05, 0.1) is 7.11 Å². The number of rotatable bonds is 3. The van der Waals surface area contributed by atoms with Crippen LogP contribution in [0.3, 0.4) is 0 Å². The summed E-state index contributed by atoms with van der Waals surface area (Å²) in [5.41, 5.74) is 0.792. The van der Waals surface area contributed by atoms with E-state index in [1.807, 2.05) is 4.90 Å². The fourth-order valence-corrected chi connectivity index (χ4v) is 2.29. The summed E-state index contributed by atoms with van der Waals surface area (Å²) in [6.45, 7) is 3.87. The van der Waals surface area contributed by atoms with Crippen LogP contribution in [-0.4, -0.2) is 31.0 Å². The van der Waals surface area contributed by atoms with E-state index in [1.165, 1.54) is 13.2 Å². The van der Waals surface area contributed by atoms with Crippen LogP contribution in [0, 0.1) is 5.92 Å². The molecule has 2 rings (SSSR count). The Morgan fingerprint density at radius 2 is 2.05 bits per heavy atom. The second-order valence-corrected chi connectivity index (χ2v) is 5.25. The van der Waals surface area contributed by atoms with Gasteiger partial charge in [-0.15, -0.1) is 0 Å². The molecule has 0 unspecified atom stereocenters. The van der Waals surface area contributed by atoms with Gasteiger partial charge in [-0.05, 0) is 36.5 Å². The Balaban J connectivity index is 0.00000220. The molecular formula is C16H20NNaO3. The van der Waals surface area contributed by atoms with Crippen LogP contribution >= 0.6 is 0 Å². The summed E-state index contributed by atoms with van der Waals surface area (Å²) in [6.07, 6.45) is 5.42. The number of nitrogens with zero attached hydrogens (tertiary/aromatic N) is 1. The van der Waals surface area contributed by atoms with E-state index >= 15 is 0 Å². The van der Waals surface area contributed by atoms with Crippen molar-refractivity contribution in [2.45, 2.75) is 19.8 Å². The van der Waals surface area contributed by atoms with Gasteiger partial charge in [-0.3, -0.25) is 4.79 Å². The maximum atomic E-state index is 12.0. The molecule has 21 heavy (non-hydrogen) atoms. The van der Waals surface area contributed by atoms with Crippen molar-refractivity contribution >= 4 is 12.0 Å². The molecule has 0 radical (unpaired) electrons. The number of ether oxygens (including phenoxy) is 1. The Morgan fingerprint density at radius 1 is 1.38 bits per heavy atom. The number of piperidine rings is 1. The Labute approximate surface area is 148 Å². The first-order chi connectivity index (χ1) is 9.60. The molecule has 108 valence electrons. The van der Waals surface area contributed by atoms with Crippen molar-refractivity contribution in [1.29, 1.82) is 0 Å². The second-order valence-electron chi connectivity index (χ2n) is 5.25. The van der Waals surface area contributed by atoms with Gasteiger partial charge in [0.2, 0.25) is 5.91 Å². The summed E-state index contributed by atoms with van der Waals surface area (Å²) in [5.74, 6) is 0.881. The van der Waals surface area contributed by atoms with Crippen LogP contribution in [0.4, 0.5) is 0 Å². The standard InChI is InChI=1S/C16H21NO3.Na/c1-12-7-9-17(10-8-12)16(19)6-4-13-3-5-14(18)15(11-13)20-2;/h3-6,11-12,18H,7-10H2,1-2H3;/q;+1/p-1/b6-4+;. The first kappa shape index (κ1) is 18.1. The first-order valence-corrected chi connectivity index (χ1v) is 6.92. The maximum Gasteiger partial charge on any atom is 1.00 e. The molecule has 0 atom stereocenters. The van der Waals surface area contributed by atoms with Crippen molar-refractivity contribution in [3.63, 3.8) is 0 Å². The molecule has 1 fully saturated rings. The maximum absolute atomic E-state index is 12.0. The molecule has 1 amide bonds. The predicted molar refractivity (Wildman–Crippen MR) is 76.5 cm³/mol. The van der Waals surface area contributed by atoms with Crippen molar-refractivity contribution in [3.8, 4) is 11.5 Å². The van der Waals surface area contributed by atoms with Gasteiger partial charge in [0, 0.05) is 19.2 Å². The van der Waals surface area contributed by atoms with Crippen LogP contribution < -0.4 is 39.4 Å². The molecule has 0 spiro atoms. The average molecular weight is 297 g/mol. The monoisotopic (exact) mass is 297 g/mol. The summed E-state index contributed by atoms with van der Waals surface area (Å²) in [6, 6.07) is 4.78. The summed E-state index contributed by atoms with van der Waals surface area (Å²) in [4.78, 5) is 13.9. The molecule has 1 aliphatic heterocycles. The molecule has 1 aromatic rings. The van der Waals surface area contributed by atoms with E-state index in [0.717, 1.165) is 31.5 Å². The van der Waals surface area contributed by atoms with Gasteiger partial charge in [-0.25, -0.2) is 0 Å². The Bertz CT molecular complexity index is 508. The largest absolute Gasteiger partial charge is 1.00 e. The Kier molecular flexibility index (Phi) is 7.29. The summed E-state index contributed by atoms with van der Waals surface area (Å²) >= 11 is 0. The number of hydrogen-bond donors (Lipinski definition) is 0. The number of benzene rings is 1. The molecule has 0 saturated carbocycles. The van der Waals surface area contributed by atoms with Gasteiger partial charge in [-0.1, -0.05) is 24.8 Å². The minimum absolute atomic E-state index is 0. The number of amides is 1. The fourth-order valence-electron chi connectivity index (χ4n) is 2.29. The fraction of sp³-hybridized carbons (Fsp3) is 0.438. The predicted octanol–water partition coefficient (Wildman–Crippen LogP) is -0.955. The van der Waals surface area contributed by atoms with E-state index < -0.39 is 0 Å². The zero-order chi connectivity index (χ0) is 14.5. The molecular weight excluding hydrogens is 277 g/mol. The van der Waals surface area contributed by atoms with Crippen LogP contribution in [0.5, 0.6) is 11.5 Å². The van der Waals surface area contributed by atoms with E-state index in [4.69, 9.17) is 4.74 Å². The quantitative estimate of drug-likeness (QED) is 0.534. The van der Waals surface area contributed by atoms with Crippen LogP contribution in [0.1, 0.15) is 25.3 Å². The van der Waals surface area contributed by atoms with Crippen LogP contribution in [-0.2, 0) is 4.79 Å². The Morgan fingerprint density at radius 3 is 2.67 bits per heavy atom. The molecule has 0 aromatic heterocycles. The van der Waals surface area contributed by atoms with Gasteiger partial charge in [0.1, 0.15) is 5.75 Å². The van der Waals surface area contributed by atoms with E-state index in [9.17, 15) is 9.90 Å². The normalized spacial score (nSPS) is 15.8. The van der Waals surface area contributed by atoms with Gasteiger partial charge in [0.15, 0.2) is 0 Å². The SMILES string of the molecule is COc1cc(/C=C/C(=O)N2CCC(C)CC2)ccc1[O-].[Na+]. The smallest absolute Gasteiger partial charge is 0.870 e. The number of carbonyl (C=O) groups is 1. The molecule has 1 saturated heterocycles. The van der Waals surface area contributed by atoms with Gasteiger partial charge in [-0.2, -0.15) is 0 Å². The molecule has 5 heteroatoms. The average Bonchev–Trinajstić information content (AvgIpc) is 2.46. The first-order valence-electron chi connectivity index (χ1n) is 6.92. The summed E-state index contributed by atoms with van der Waals surface area (Å²) in [7, 11) is 1.46. The van der Waals surface area contributed by atoms with E-state index in [2.05, 4.69) is 6.92 Å². The molecule has 1 heterocycles. The minimum atomic E-state index is -0.152. The van der Waals surface area contributed by atoms with Gasteiger partial charge in [0.25, 0.3) is 0 Å². The van der Waals surface area contributed by atoms with Crippen LogP contribution in [0.2, 0.25) is 0 Å². The number of methoxy groups -OCH3 is 1. The summed E-state index contributed by atoms with van der Waals surface area (Å²) in [5, 5.41) is 11.4. The second kappa shape index (κ2) is 8.47. The van der Waals surface area contributed by atoms with Crippen molar-refractivity contribution < 1.29 is 44.2 Å². The third kappa shape index (κ3) is 5.06. The van der Waals surface area contributed by atoms with E-state index in [-0.39, 0.29) is 41.2 Å². The zero-order valence-electron chi connectivity index (χ0n) is 13.0. The minimum Gasteiger partial charge on any atom is -0.870 e. The summed E-state index contributed by atoms with van der Waals surface area (Å²) < 4.78 is 4.98. The third-order valence-corrected chi connectivity index (χ3v) is 3.70. The zero-order valence-corrected chi connectivity index (χ0v) is 15.0. The number of carbonyl (C=O) groups excluding carboxylic acids is 1. The molecule has 1 aliphatic rings. The topological polar surface area (TPSA) is 52.6 Å². The van der Waals surface area contributed by atoms with E-state index in [0.29, 0.717) is 11.7 Å². The Hall–Kier alpha value is -0.970. The van der Waals surface area contributed by atoms with Gasteiger partial charge >= 0.3 is 29.6 Å². The van der Waals surface area contributed by atoms with Crippen molar-refractivity contribution in [1.82, 2.24) is 4.90 Å². The van der Waals surface area contributed by atoms with E-state index in [1.54, 1.807) is 24.3 Å². The van der Waals surface area contributed by atoms with Gasteiger partial charge < -0.3 is 14.7 Å². The number of hydrogen-bond acceptors (Lipinski definition) is 3. The van der Waals surface area contributed by atoms with Crippen molar-refractivity contribution in [2.24, 2.45) is 5.92 Å². The van der Waals surface area contributed by atoms with Crippen molar-refractivity contribution in [3.05, 3.63) is 29.8 Å². The van der Waals surface area contributed by atoms with Crippen LogP contribution in [0.25, 0.3) is 6.08 Å². The van der Waals surface area contributed by atoms with Crippen LogP contribution in [0.15, 0.2) is 24.3 Å². The number of likely N-dealkylation sites (tertiary alicyclic amines) is 1. The van der Waals surface area contributed by atoms with Crippen molar-refractivity contribution in [2.75, 3.05) is 20.2 Å². The molecule has 4 nitrogen and oxygen atoms in total.